The first-order chi connectivity index (χ1) is 26.1. The summed E-state index contributed by atoms with van der Waals surface area (Å²) in [5, 5.41) is 7.79. The number of rotatable bonds is 13. The Morgan fingerprint density at radius 2 is 1.28 bits per heavy atom. The molecule has 5 aromatic rings. The van der Waals surface area contributed by atoms with E-state index >= 15 is 0 Å². The Kier molecular flexibility index (Phi) is 12.5. The van der Waals surface area contributed by atoms with Gasteiger partial charge in [0.1, 0.15) is 18.7 Å². The number of methoxy groups -OCH3 is 2. The maximum absolute atomic E-state index is 12.7. The van der Waals surface area contributed by atoms with Crippen LogP contribution in [0.2, 0.25) is 0 Å². The monoisotopic (exact) mass is 772 g/mol. The molecule has 2 aliphatic carbocycles. The summed E-state index contributed by atoms with van der Waals surface area (Å²) < 4.78 is 16.5. The first-order valence-electron chi connectivity index (χ1n) is 17.4. The largest absolute Gasteiger partial charge is 0.468 e. The molecular formula is C38H40N6O8S2. The summed E-state index contributed by atoms with van der Waals surface area (Å²) in [6.07, 6.45) is 7.49. The average molecular weight is 773 g/mol. The van der Waals surface area contributed by atoms with E-state index < -0.39 is 30.1 Å². The van der Waals surface area contributed by atoms with Crippen molar-refractivity contribution in [3.8, 4) is 0 Å². The number of esters is 2. The molecule has 2 fully saturated rings. The summed E-state index contributed by atoms with van der Waals surface area (Å²) in [7, 11) is 2.48. The van der Waals surface area contributed by atoms with Crippen LogP contribution in [0.15, 0.2) is 67.0 Å². The molecule has 4 heterocycles. The van der Waals surface area contributed by atoms with Crippen molar-refractivity contribution >= 4 is 73.0 Å². The second-order valence-corrected chi connectivity index (χ2v) is 14.9. The van der Waals surface area contributed by atoms with Crippen LogP contribution in [-0.2, 0) is 30.4 Å². The number of pyridine rings is 2. The van der Waals surface area contributed by atoms with Crippen molar-refractivity contribution in [2.75, 3.05) is 27.3 Å². The van der Waals surface area contributed by atoms with Crippen molar-refractivity contribution in [2.45, 2.75) is 56.2 Å². The molecule has 0 saturated heterocycles. The van der Waals surface area contributed by atoms with E-state index in [1.807, 2.05) is 42.5 Å². The van der Waals surface area contributed by atoms with Crippen LogP contribution < -0.4 is 21.7 Å². The Morgan fingerprint density at radius 1 is 0.759 bits per heavy atom. The fourth-order valence-electron chi connectivity index (χ4n) is 5.62. The molecule has 1 aromatic carbocycles. The topological polar surface area (TPSA) is 201 Å². The third-order valence-electron chi connectivity index (χ3n) is 8.81. The van der Waals surface area contributed by atoms with Gasteiger partial charge in [0.2, 0.25) is 0 Å². The van der Waals surface area contributed by atoms with Gasteiger partial charge in [0, 0.05) is 25.5 Å². The third kappa shape index (κ3) is 9.75. The van der Waals surface area contributed by atoms with E-state index in [-0.39, 0.29) is 31.5 Å². The first kappa shape index (κ1) is 38.3. The van der Waals surface area contributed by atoms with Gasteiger partial charge in [0.15, 0.2) is 0 Å². The van der Waals surface area contributed by atoms with E-state index in [0.29, 0.717) is 21.6 Å². The molecule has 54 heavy (non-hydrogen) atoms. The molecule has 0 aliphatic heterocycles. The molecule has 0 radical (unpaired) electrons. The second kappa shape index (κ2) is 17.6. The molecule has 0 bridgehead atoms. The van der Waals surface area contributed by atoms with Gasteiger partial charge in [-0.2, -0.15) is 0 Å². The van der Waals surface area contributed by atoms with Gasteiger partial charge in [-0.15, -0.1) is 22.7 Å². The number of benzene rings is 1. The Balaban J connectivity index is 0.000000197. The summed E-state index contributed by atoms with van der Waals surface area (Å²) in [5.74, 6) is -0.671. The summed E-state index contributed by atoms with van der Waals surface area (Å²) in [5.41, 5.74) is 10.6. The fourth-order valence-corrected chi connectivity index (χ4v) is 7.87. The highest BCUT2D eigenvalue weighted by molar-refractivity contribution is 7.21. The van der Waals surface area contributed by atoms with Crippen molar-refractivity contribution in [3.63, 3.8) is 0 Å². The molecular weight excluding hydrogens is 733 g/mol. The zero-order valence-corrected chi connectivity index (χ0v) is 31.3. The minimum Gasteiger partial charge on any atom is -0.468 e. The van der Waals surface area contributed by atoms with E-state index in [4.69, 9.17) is 15.2 Å². The van der Waals surface area contributed by atoms with Crippen LogP contribution in [0.5, 0.6) is 0 Å². The molecule has 0 spiro atoms. The molecule has 16 heteroatoms. The van der Waals surface area contributed by atoms with Gasteiger partial charge < -0.3 is 35.9 Å². The number of carbonyl (C=O) groups excluding carboxylic acids is 5. The maximum atomic E-state index is 12.7. The van der Waals surface area contributed by atoms with Gasteiger partial charge in [-0.25, -0.2) is 9.59 Å². The van der Waals surface area contributed by atoms with Gasteiger partial charge in [0.25, 0.3) is 11.8 Å². The Hall–Kier alpha value is -5.45. The third-order valence-corrected chi connectivity index (χ3v) is 11.2. The van der Waals surface area contributed by atoms with Crippen LogP contribution in [0.4, 0.5) is 4.79 Å². The molecule has 5 N–H and O–H groups in total. The van der Waals surface area contributed by atoms with Crippen molar-refractivity contribution in [1.29, 1.82) is 0 Å². The number of thiophene rings is 2. The van der Waals surface area contributed by atoms with Crippen molar-refractivity contribution in [3.05, 3.63) is 93.4 Å². The van der Waals surface area contributed by atoms with Gasteiger partial charge in [0.05, 0.1) is 44.4 Å². The summed E-state index contributed by atoms with van der Waals surface area (Å²) >= 11 is 2.82. The molecule has 282 valence electrons. The number of ether oxygens (including phenoxy) is 3. The van der Waals surface area contributed by atoms with Crippen LogP contribution in [-0.4, -0.2) is 79.2 Å². The lowest BCUT2D eigenvalue weighted by Gasteiger charge is -2.17. The Labute approximate surface area is 318 Å². The Bertz CT molecular complexity index is 2150. The highest BCUT2D eigenvalue weighted by Gasteiger charge is 2.29. The van der Waals surface area contributed by atoms with Crippen molar-refractivity contribution < 1.29 is 38.2 Å². The highest BCUT2D eigenvalue weighted by Crippen LogP contribution is 2.45. The number of carbonyl (C=O) groups is 5. The van der Waals surface area contributed by atoms with Gasteiger partial charge in [-0.3, -0.25) is 24.4 Å². The first-order valence-corrected chi connectivity index (χ1v) is 19.0. The van der Waals surface area contributed by atoms with Crippen molar-refractivity contribution in [1.82, 2.24) is 25.9 Å². The summed E-state index contributed by atoms with van der Waals surface area (Å²) in [6, 6.07) is 14.8. The number of nitrogens with zero attached hydrogens (tertiary/aromatic N) is 2. The second-order valence-electron chi connectivity index (χ2n) is 12.8. The number of nitrogens with one attached hydrogen (secondary N) is 3. The zero-order valence-electron chi connectivity index (χ0n) is 29.7. The quantitative estimate of drug-likeness (QED) is 0.0949. The Morgan fingerprint density at radius 3 is 1.78 bits per heavy atom. The van der Waals surface area contributed by atoms with Crippen LogP contribution in [0, 0.1) is 0 Å². The van der Waals surface area contributed by atoms with E-state index in [1.54, 1.807) is 24.5 Å². The summed E-state index contributed by atoms with van der Waals surface area (Å²) in [6.45, 7) is -0.0310. The standard InChI is InChI=1S/C23H23N3O5S.C15H17N3O3S/c1-30-22(28)18(26-23(29)31-13-14-5-3-2-4-6-14)12-25-21(27)19-11-17-20(32-19)16(9-10-24-17)15-7-8-15;1-21-15(20)10(16)7-18-14(19)12-6-11-13(22-12)9(4-5-17-11)8-2-3-8/h2-6,9-11,15,18H,7-8,12-13H2,1H3,(H,25,27)(H,26,29);4-6,8,10H,2-3,7,16H2,1H3,(H,18,19)/t18-;10-/m11/s1. The maximum Gasteiger partial charge on any atom is 0.408 e. The SMILES string of the molecule is COC(=O)[C@@H](CNC(=O)c1cc2nccc(C3CC3)c2s1)NC(=O)OCc1ccccc1.COC(=O)[C@H](N)CNC(=O)c1cc2nccc(C3CC3)c2s1. The highest BCUT2D eigenvalue weighted by atomic mass is 32.1. The zero-order chi connectivity index (χ0) is 38.2. The number of fused-ring (bicyclic) bond motifs is 2. The lowest BCUT2D eigenvalue weighted by Crippen LogP contribution is -2.49. The molecule has 2 atom stereocenters. The van der Waals surface area contributed by atoms with Gasteiger partial charge in [-0.05, 0) is 78.5 Å². The van der Waals surface area contributed by atoms with Crippen LogP contribution in [0.25, 0.3) is 20.4 Å². The van der Waals surface area contributed by atoms with Crippen LogP contribution in [0.1, 0.15) is 73.6 Å². The molecule has 14 nitrogen and oxygen atoms in total. The predicted molar refractivity (Wildman–Crippen MR) is 203 cm³/mol. The number of aromatic nitrogens is 2. The normalized spacial score (nSPS) is 14.6. The summed E-state index contributed by atoms with van der Waals surface area (Å²) in [4.78, 5) is 70.1. The molecule has 7 rings (SSSR count). The van der Waals surface area contributed by atoms with Crippen molar-refractivity contribution in [2.24, 2.45) is 5.73 Å². The van der Waals surface area contributed by atoms with Gasteiger partial charge in [-0.1, -0.05) is 30.3 Å². The molecule has 2 saturated carbocycles. The molecule has 3 amide bonds. The number of amides is 3. The smallest absolute Gasteiger partial charge is 0.408 e. The van der Waals surface area contributed by atoms with E-state index in [0.717, 1.165) is 38.8 Å². The van der Waals surface area contributed by atoms with E-state index in [2.05, 4.69) is 30.7 Å². The average Bonchev–Trinajstić information content (AvgIpc) is 4.14. The predicted octanol–water partition coefficient (Wildman–Crippen LogP) is 4.78. The van der Waals surface area contributed by atoms with Crippen LogP contribution >= 0.6 is 22.7 Å². The fraction of sp³-hybridized carbons (Fsp3) is 0.342. The molecule has 4 aromatic heterocycles. The number of nitrogens with two attached hydrogens (primary N) is 1. The minimum atomic E-state index is -1.08. The lowest BCUT2D eigenvalue weighted by atomic mass is 10.1. The molecule has 2 aliphatic rings. The van der Waals surface area contributed by atoms with E-state index in [9.17, 15) is 24.0 Å². The van der Waals surface area contributed by atoms with E-state index in [1.165, 1.54) is 60.9 Å². The number of hydrogen-bond donors (Lipinski definition) is 4. The van der Waals surface area contributed by atoms with Crippen LogP contribution in [0.3, 0.4) is 0 Å². The lowest BCUT2D eigenvalue weighted by molar-refractivity contribution is -0.143. The molecule has 0 unspecified atom stereocenters. The van der Waals surface area contributed by atoms with Gasteiger partial charge >= 0.3 is 18.0 Å². The minimum absolute atomic E-state index is 0.0443. The number of hydrogen-bond acceptors (Lipinski definition) is 13. The number of alkyl carbamates (subject to hydrolysis) is 1.